The minimum Gasteiger partial charge on any atom is -0.456 e. The molecule has 0 unspecified atom stereocenters. The van der Waals surface area contributed by atoms with Crippen LogP contribution in [0.1, 0.15) is 25.0 Å². The monoisotopic (exact) mass is 695 g/mol. The van der Waals surface area contributed by atoms with Gasteiger partial charge in [0.25, 0.3) is 0 Å². The van der Waals surface area contributed by atoms with E-state index in [1.165, 1.54) is 22.3 Å². The number of nitrogens with zero attached hydrogens (tertiary/aromatic N) is 1. The number of anilines is 3. The predicted octanol–water partition coefficient (Wildman–Crippen LogP) is 14.6. The van der Waals surface area contributed by atoms with Crippen LogP contribution >= 0.6 is 0 Å². The summed E-state index contributed by atoms with van der Waals surface area (Å²) in [6.45, 7) is 9.04. The quantitative estimate of drug-likeness (QED) is 0.172. The maximum atomic E-state index is 6.30. The van der Waals surface area contributed by atoms with Crippen LogP contribution in [0.5, 0.6) is 0 Å². The van der Waals surface area contributed by atoms with E-state index < -0.39 is 0 Å². The van der Waals surface area contributed by atoms with Crippen molar-refractivity contribution in [2.45, 2.75) is 25.7 Å². The Labute approximate surface area is 317 Å². The molecule has 0 amide bonds. The number of para-hydroxylation sites is 2. The third-order valence-corrected chi connectivity index (χ3v) is 11.0. The van der Waals surface area contributed by atoms with E-state index in [0.717, 1.165) is 73.2 Å². The van der Waals surface area contributed by atoms with Crippen molar-refractivity contribution in [3.05, 3.63) is 211 Å². The van der Waals surface area contributed by atoms with Gasteiger partial charge >= 0.3 is 0 Å². The maximum absolute atomic E-state index is 6.30. The Morgan fingerprint density at radius 2 is 1.17 bits per heavy atom. The molecule has 0 N–H and O–H groups in total. The Bertz CT molecular complexity index is 2740. The van der Waals surface area contributed by atoms with Gasteiger partial charge in [-0.2, -0.15) is 0 Å². The molecule has 1 aliphatic rings. The average Bonchev–Trinajstić information content (AvgIpc) is 3.61. The molecule has 2 nitrogen and oxygen atoms in total. The van der Waals surface area contributed by atoms with Gasteiger partial charge in [0.15, 0.2) is 0 Å². The normalized spacial score (nSPS) is 14.9. The molecule has 0 aliphatic heterocycles. The van der Waals surface area contributed by atoms with Crippen LogP contribution in [-0.4, -0.2) is 0 Å². The van der Waals surface area contributed by atoms with E-state index in [1.807, 2.05) is 12.1 Å². The summed E-state index contributed by atoms with van der Waals surface area (Å²) in [4.78, 5) is 2.40. The van der Waals surface area contributed by atoms with Gasteiger partial charge in [-0.15, -0.1) is 0 Å². The largest absolute Gasteiger partial charge is 0.456 e. The Kier molecular flexibility index (Phi) is 8.44. The third kappa shape index (κ3) is 6.06. The molecular formula is C52H41NO. The number of hydrogen-bond acceptors (Lipinski definition) is 2. The van der Waals surface area contributed by atoms with Crippen LogP contribution < -0.4 is 4.90 Å². The molecule has 2 heteroatoms. The van der Waals surface area contributed by atoms with Crippen LogP contribution in [0.25, 0.3) is 55.3 Å². The molecule has 7 aromatic carbocycles. The van der Waals surface area contributed by atoms with Crippen molar-refractivity contribution in [2.75, 3.05) is 4.90 Å². The molecule has 1 heterocycles. The summed E-state index contributed by atoms with van der Waals surface area (Å²) in [6.07, 6.45) is 9.50. The standard InChI is InChI=1S/C52H41NO/c1-36-16-6-4-9-19-38-28-29-41(34-48(38)52(36,2)3)39-20-14-22-43(32-39)53(49-26-12-10-24-45(49)37-17-7-5-8-18-37)44-23-15-21-40(33-44)42-30-31-47-46-25-11-13-27-50(46)54-51(47)35-42/h4-18,20-35H,1,19H2,2-3H3/b9-4-,16-6-. The van der Waals surface area contributed by atoms with Crippen LogP contribution in [0.2, 0.25) is 0 Å². The molecule has 0 saturated carbocycles. The van der Waals surface area contributed by atoms with Crippen molar-refractivity contribution in [3.63, 3.8) is 0 Å². The molecule has 1 aliphatic carbocycles. The van der Waals surface area contributed by atoms with Gasteiger partial charge in [0.2, 0.25) is 0 Å². The minimum atomic E-state index is -0.210. The van der Waals surface area contributed by atoms with E-state index >= 15 is 0 Å². The number of benzene rings is 7. The zero-order valence-corrected chi connectivity index (χ0v) is 30.7. The second-order valence-corrected chi connectivity index (χ2v) is 14.6. The van der Waals surface area contributed by atoms with Gasteiger partial charge < -0.3 is 9.32 Å². The molecule has 0 saturated heterocycles. The van der Waals surface area contributed by atoms with Crippen molar-refractivity contribution < 1.29 is 4.42 Å². The lowest BCUT2D eigenvalue weighted by atomic mass is 9.75. The van der Waals surface area contributed by atoms with Crippen molar-refractivity contribution in [2.24, 2.45) is 0 Å². The average molecular weight is 696 g/mol. The van der Waals surface area contributed by atoms with E-state index in [9.17, 15) is 0 Å². The number of allylic oxidation sites excluding steroid dienone is 5. The molecule has 9 rings (SSSR count). The minimum absolute atomic E-state index is 0.210. The summed E-state index contributed by atoms with van der Waals surface area (Å²) in [6, 6.07) is 58.9. The third-order valence-electron chi connectivity index (χ3n) is 11.0. The highest BCUT2D eigenvalue weighted by Crippen LogP contribution is 2.44. The second-order valence-electron chi connectivity index (χ2n) is 14.6. The fourth-order valence-corrected chi connectivity index (χ4v) is 7.85. The molecule has 0 spiro atoms. The summed E-state index contributed by atoms with van der Waals surface area (Å²) in [7, 11) is 0. The smallest absolute Gasteiger partial charge is 0.136 e. The SMILES string of the molecule is C=C1/C=C\C=C/Cc2ccc(-c3cccc(N(c4cccc(-c5ccc6c(c5)oc5ccccc56)c4)c4ccccc4-c4ccccc4)c3)cc2C1(C)C. The topological polar surface area (TPSA) is 16.4 Å². The molecular weight excluding hydrogens is 655 g/mol. The first-order chi connectivity index (χ1) is 26.4. The molecule has 8 aromatic rings. The van der Waals surface area contributed by atoms with Crippen LogP contribution in [0.4, 0.5) is 17.1 Å². The Morgan fingerprint density at radius 3 is 1.96 bits per heavy atom. The number of rotatable bonds is 6. The molecule has 54 heavy (non-hydrogen) atoms. The number of hydrogen-bond donors (Lipinski definition) is 0. The number of furan rings is 1. The molecule has 260 valence electrons. The highest BCUT2D eigenvalue weighted by Gasteiger charge is 2.26. The van der Waals surface area contributed by atoms with Gasteiger partial charge in [-0.1, -0.05) is 154 Å². The summed E-state index contributed by atoms with van der Waals surface area (Å²) in [5.41, 5.74) is 15.5. The van der Waals surface area contributed by atoms with E-state index in [1.54, 1.807) is 0 Å². The van der Waals surface area contributed by atoms with Crippen LogP contribution in [0.15, 0.2) is 205 Å². The van der Waals surface area contributed by atoms with Gasteiger partial charge in [-0.05, 0) is 106 Å². The lowest BCUT2D eigenvalue weighted by Crippen LogP contribution is -2.20. The first-order valence-corrected chi connectivity index (χ1v) is 18.7. The summed E-state index contributed by atoms with van der Waals surface area (Å²) < 4.78 is 6.30. The van der Waals surface area contributed by atoms with Gasteiger partial charge in [0.05, 0.1) is 5.69 Å². The van der Waals surface area contributed by atoms with Gasteiger partial charge in [0, 0.05) is 33.1 Å². The zero-order valence-electron chi connectivity index (χ0n) is 30.7. The first kappa shape index (κ1) is 33.2. The van der Waals surface area contributed by atoms with E-state index in [2.05, 4.69) is 201 Å². The lowest BCUT2D eigenvalue weighted by molar-refractivity contribution is 0.635. The van der Waals surface area contributed by atoms with Crippen LogP contribution in [0, 0.1) is 0 Å². The Balaban J connectivity index is 1.19. The summed E-state index contributed by atoms with van der Waals surface area (Å²) in [5.74, 6) is 0. The number of fused-ring (bicyclic) bond motifs is 4. The van der Waals surface area contributed by atoms with Crippen LogP contribution in [-0.2, 0) is 11.8 Å². The van der Waals surface area contributed by atoms with Crippen molar-refractivity contribution in [1.29, 1.82) is 0 Å². The van der Waals surface area contributed by atoms with E-state index in [0.29, 0.717) is 0 Å². The van der Waals surface area contributed by atoms with Crippen molar-refractivity contribution in [3.8, 4) is 33.4 Å². The molecule has 0 fully saturated rings. The van der Waals surface area contributed by atoms with Crippen molar-refractivity contribution >= 4 is 39.0 Å². The Hall–Kier alpha value is -6.64. The van der Waals surface area contributed by atoms with Gasteiger partial charge in [0.1, 0.15) is 11.2 Å². The second kappa shape index (κ2) is 13.7. The molecule has 0 bridgehead atoms. The Morgan fingerprint density at radius 1 is 0.537 bits per heavy atom. The highest BCUT2D eigenvalue weighted by molar-refractivity contribution is 6.06. The fraction of sp³-hybridized carbons (Fsp3) is 0.0769. The molecule has 0 radical (unpaired) electrons. The van der Waals surface area contributed by atoms with E-state index in [4.69, 9.17) is 4.42 Å². The fourth-order valence-electron chi connectivity index (χ4n) is 7.85. The highest BCUT2D eigenvalue weighted by atomic mass is 16.3. The maximum Gasteiger partial charge on any atom is 0.136 e. The predicted molar refractivity (Wildman–Crippen MR) is 229 cm³/mol. The zero-order chi connectivity index (χ0) is 36.6. The molecule has 1 aromatic heterocycles. The van der Waals surface area contributed by atoms with Gasteiger partial charge in [-0.25, -0.2) is 0 Å². The summed E-state index contributed by atoms with van der Waals surface area (Å²) >= 11 is 0. The van der Waals surface area contributed by atoms with Gasteiger partial charge in [-0.3, -0.25) is 0 Å². The van der Waals surface area contributed by atoms with Crippen LogP contribution in [0.3, 0.4) is 0 Å². The first-order valence-electron chi connectivity index (χ1n) is 18.7. The van der Waals surface area contributed by atoms with E-state index in [-0.39, 0.29) is 5.41 Å². The molecule has 0 atom stereocenters. The lowest BCUT2D eigenvalue weighted by Gasteiger charge is -2.30. The van der Waals surface area contributed by atoms with Crippen molar-refractivity contribution in [1.82, 2.24) is 0 Å². The summed E-state index contributed by atoms with van der Waals surface area (Å²) in [5, 5.41) is 2.27.